The van der Waals surface area contributed by atoms with Crippen LogP contribution in [0.4, 0.5) is 0 Å². The molecule has 0 aromatic heterocycles. The third-order valence-electron chi connectivity index (χ3n) is 4.04. The summed E-state index contributed by atoms with van der Waals surface area (Å²) in [4.78, 5) is 0. The van der Waals surface area contributed by atoms with Crippen LogP contribution in [0, 0.1) is 11.3 Å². The van der Waals surface area contributed by atoms with E-state index in [9.17, 15) is 13.5 Å². The standard InChI is InChI=1S/C15H20N2O4S/c1-5-22(19,20)17(4)13-11-8-10(9-16)6-7-12(11)21-15(2,3)14(13)18/h6-8,13-14,18H,5H2,1-4H3. The van der Waals surface area contributed by atoms with Crippen molar-refractivity contribution in [3.8, 4) is 11.8 Å². The molecular weight excluding hydrogens is 304 g/mol. The largest absolute Gasteiger partial charge is 0.485 e. The summed E-state index contributed by atoms with van der Waals surface area (Å²) in [6.07, 6.45) is -1.06. The number of nitriles is 1. The van der Waals surface area contributed by atoms with Gasteiger partial charge in [-0.15, -0.1) is 0 Å². The van der Waals surface area contributed by atoms with Crippen LogP contribution in [0.3, 0.4) is 0 Å². The smallest absolute Gasteiger partial charge is 0.214 e. The molecular formula is C15H20N2O4S. The second-order valence-corrected chi connectivity index (χ2v) is 8.19. The number of nitrogens with zero attached hydrogens (tertiary/aromatic N) is 2. The third kappa shape index (κ3) is 2.70. The molecule has 0 fully saturated rings. The summed E-state index contributed by atoms with van der Waals surface area (Å²) in [5.74, 6) is 0.416. The predicted octanol–water partition coefficient (Wildman–Crippen LogP) is 1.41. The molecule has 0 bridgehead atoms. The van der Waals surface area contributed by atoms with E-state index < -0.39 is 27.8 Å². The summed E-state index contributed by atoms with van der Waals surface area (Å²) >= 11 is 0. The number of aliphatic hydroxyl groups excluding tert-OH is 1. The first kappa shape index (κ1) is 16.7. The fraction of sp³-hybridized carbons (Fsp3) is 0.533. The minimum atomic E-state index is -3.51. The molecule has 22 heavy (non-hydrogen) atoms. The minimum absolute atomic E-state index is 0.0682. The quantitative estimate of drug-likeness (QED) is 0.908. The van der Waals surface area contributed by atoms with E-state index in [0.29, 0.717) is 16.9 Å². The molecule has 120 valence electrons. The summed E-state index contributed by atoms with van der Waals surface area (Å²) in [5.41, 5.74) is -0.0458. The molecule has 0 amide bonds. The van der Waals surface area contributed by atoms with Gasteiger partial charge in [-0.05, 0) is 39.0 Å². The van der Waals surface area contributed by atoms with E-state index in [4.69, 9.17) is 10.00 Å². The van der Waals surface area contributed by atoms with Crippen LogP contribution in [0.15, 0.2) is 18.2 Å². The van der Waals surface area contributed by atoms with E-state index in [1.54, 1.807) is 39.0 Å². The maximum atomic E-state index is 12.2. The van der Waals surface area contributed by atoms with E-state index in [2.05, 4.69) is 0 Å². The van der Waals surface area contributed by atoms with Crippen LogP contribution < -0.4 is 4.74 Å². The lowest BCUT2D eigenvalue weighted by Crippen LogP contribution is -2.54. The van der Waals surface area contributed by atoms with Crippen molar-refractivity contribution in [2.45, 2.75) is 38.5 Å². The van der Waals surface area contributed by atoms with Crippen LogP contribution in [-0.4, -0.2) is 42.3 Å². The summed E-state index contributed by atoms with van der Waals surface area (Å²) in [5, 5.41) is 19.7. The minimum Gasteiger partial charge on any atom is -0.485 e. The molecule has 7 heteroatoms. The topological polar surface area (TPSA) is 90.6 Å². The van der Waals surface area contributed by atoms with Gasteiger partial charge in [0.2, 0.25) is 10.0 Å². The molecule has 1 aromatic carbocycles. The Kier molecular flexibility index (Phi) is 4.22. The Morgan fingerprint density at radius 2 is 2.09 bits per heavy atom. The number of rotatable bonds is 3. The normalized spacial score (nSPS) is 23.5. The SMILES string of the molecule is CCS(=O)(=O)N(C)C1c2cc(C#N)ccc2OC(C)(C)C1O. The van der Waals surface area contributed by atoms with Crippen LogP contribution in [-0.2, 0) is 10.0 Å². The first-order chi connectivity index (χ1) is 10.1. The van der Waals surface area contributed by atoms with Crippen LogP contribution in [0.1, 0.15) is 37.9 Å². The summed E-state index contributed by atoms with van der Waals surface area (Å²) in [7, 11) is -2.07. The van der Waals surface area contributed by atoms with E-state index in [0.717, 1.165) is 0 Å². The molecule has 0 radical (unpaired) electrons. The molecule has 1 heterocycles. The second kappa shape index (κ2) is 5.54. The maximum Gasteiger partial charge on any atom is 0.214 e. The second-order valence-electron chi connectivity index (χ2n) is 5.88. The molecule has 0 aliphatic carbocycles. The van der Waals surface area contributed by atoms with Gasteiger partial charge >= 0.3 is 0 Å². The van der Waals surface area contributed by atoms with Gasteiger partial charge < -0.3 is 9.84 Å². The highest BCUT2D eigenvalue weighted by Gasteiger charge is 2.47. The average Bonchev–Trinajstić information content (AvgIpc) is 2.47. The van der Waals surface area contributed by atoms with Crippen molar-refractivity contribution in [2.24, 2.45) is 0 Å². The van der Waals surface area contributed by atoms with Gasteiger partial charge in [-0.3, -0.25) is 0 Å². The third-order valence-corrected chi connectivity index (χ3v) is 5.87. The zero-order valence-corrected chi connectivity index (χ0v) is 13.9. The van der Waals surface area contributed by atoms with Gasteiger partial charge in [0.15, 0.2) is 0 Å². The fourth-order valence-corrected chi connectivity index (χ4v) is 3.59. The molecule has 2 unspecified atom stereocenters. The number of likely N-dealkylation sites (N-methyl/N-ethyl adjacent to an activating group) is 1. The monoisotopic (exact) mass is 324 g/mol. The van der Waals surface area contributed by atoms with Gasteiger partial charge in [0.25, 0.3) is 0 Å². The Bertz CT molecular complexity index is 722. The Balaban J connectivity index is 2.64. The lowest BCUT2D eigenvalue weighted by Gasteiger charge is -2.44. The van der Waals surface area contributed by atoms with Crippen LogP contribution in [0.25, 0.3) is 0 Å². The zero-order chi connectivity index (χ0) is 16.7. The highest BCUT2D eigenvalue weighted by molar-refractivity contribution is 7.89. The number of hydrogen-bond donors (Lipinski definition) is 1. The fourth-order valence-electron chi connectivity index (χ4n) is 2.61. The molecule has 2 atom stereocenters. The van der Waals surface area contributed by atoms with Gasteiger partial charge in [0.05, 0.1) is 23.4 Å². The van der Waals surface area contributed by atoms with Gasteiger partial charge in [-0.2, -0.15) is 9.57 Å². The number of fused-ring (bicyclic) bond motifs is 1. The van der Waals surface area contributed by atoms with Crippen molar-refractivity contribution in [1.29, 1.82) is 5.26 Å². The van der Waals surface area contributed by atoms with Gasteiger partial charge in [0, 0.05) is 12.6 Å². The Morgan fingerprint density at radius 1 is 1.45 bits per heavy atom. The van der Waals surface area contributed by atoms with Crippen molar-refractivity contribution in [3.05, 3.63) is 29.3 Å². The maximum absolute atomic E-state index is 12.2. The number of hydrogen-bond acceptors (Lipinski definition) is 5. The molecule has 2 rings (SSSR count). The molecule has 0 spiro atoms. The van der Waals surface area contributed by atoms with E-state index in [1.807, 2.05) is 6.07 Å². The molecule has 1 N–H and O–H groups in total. The van der Waals surface area contributed by atoms with E-state index in [-0.39, 0.29) is 5.75 Å². The van der Waals surface area contributed by atoms with Crippen molar-refractivity contribution in [1.82, 2.24) is 4.31 Å². The molecule has 0 saturated carbocycles. The van der Waals surface area contributed by atoms with Crippen LogP contribution in [0.2, 0.25) is 0 Å². The number of benzene rings is 1. The number of sulfonamides is 1. The van der Waals surface area contributed by atoms with Gasteiger partial charge in [0.1, 0.15) is 17.5 Å². The Morgan fingerprint density at radius 3 is 2.64 bits per heavy atom. The van der Waals surface area contributed by atoms with E-state index >= 15 is 0 Å². The summed E-state index contributed by atoms with van der Waals surface area (Å²) in [6, 6.07) is 6.04. The lowest BCUT2D eigenvalue weighted by atomic mass is 9.86. The predicted molar refractivity (Wildman–Crippen MR) is 81.8 cm³/mol. The van der Waals surface area contributed by atoms with Crippen molar-refractivity contribution in [3.63, 3.8) is 0 Å². The van der Waals surface area contributed by atoms with Crippen LogP contribution in [0.5, 0.6) is 5.75 Å². The molecule has 1 aromatic rings. The van der Waals surface area contributed by atoms with Gasteiger partial charge in [-0.1, -0.05) is 0 Å². The first-order valence-corrected chi connectivity index (χ1v) is 8.62. The van der Waals surface area contributed by atoms with Crippen molar-refractivity contribution >= 4 is 10.0 Å². The number of ether oxygens (including phenoxy) is 1. The van der Waals surface area contributed by atoms with Crippen molar-refractivity contribution < 1.29 is 18.3 Å². The van der Waals surface area contributed by atoms with E-state index in [1.165, 1.54) is 11.4 Å². The molecule has 0 saturated heterocycles. The summed E-state index contributed by atoms with van der Waals surface area (Å²) < 4.78 is 31.4. The zero-order valence-electron chi connectivity index (χ0n) is 13.1. The number of aliphatic hydroxyl groups is 1. The Labute approximate surface area is 131 Å². The lowest BCUT2D eigenvalue weighted by molar-refractivity contribution is -0.0763. The van der Waals surface area contributed by atoms with Crippen molar-refractivity contribution in [2.75, 3.05) is 12.8 Å². The van der Waals surface area contributed by atoms with Crippen LogP contribution >= 0.6 is 0 Å². The Hall–Kier alpha value is -1.62. The first-order valence-electron chi connectivity index (χ1n) is 7.01. The average molecular weight is 324 g/mol. The van der Waals surface area contributed by atoms with Gasteiger partial charge in [-0.25, -0.2) is 8.42 Å². The highest BCUT2D eigenvalue weighted by Crippen LogP contribution is 2.43. The molecule has 1 aliphatic rings. The molecule has 6 nitrogen and oxygen atoms in total. The molecule has 1 aliphatic heterocycles. The summed E-state index contributed by atoms with van der Waals surface area (Å²) in [6.45, 7) is 4.96. The highest BCUT2D eigenvalue weighted by atomic mass is 32.2.